The summed E-state index contributed by atoms with van der Waals surface area (Å²) >= 11 is 0. The average molecular weight is 376 g/mol. The van der Waals surface area contributed by atoms with Gasteiger partial charge < -0.3 is 4.57 Å². The lowest BCUT2D eigenvalue weighted by Gasteiger charge is -2.24. The monoisotopic (exact) mass is 375 g/mol. The number of para-hydroxylation sites is 3. The number of benzene rings is 4. The molecule has 29 heavy (non-hydrogen) atoms. The summed E-state index contributed by atoms with van der Waals surface area (Å²) in [6.45, 7) is 6.87. The quantitative estimate of drug-likeness (QED) is 0.297. The van der Waals surface area contributed by atoms with Crippen LogP contribution in [0.4, 0.5) is 0 Å². The Bertz CT molecular complexity index is 1320. The number of hydrogen-bond donors (Lipinski definition) is 0. The zero-order chi connectivity index (χ0) is 20.0. The number of rotatable bonds is 2. The normalized spacial score (nSPS) is 12.0. The molecule has 1 heteroatoms. The van der Waals surface area contributed by atoms with Crippen LogP contribution in [-0.4, -0.2) is 4.57 Å². The van der Waals surface area contributed by atoms with Gasteiger partial charge in [0.15, 0.2) is 0 Å². The smallest absolute Gasteiger partial charge is 0.0619 e. The standard InChI is InChI=1S/C28H25N/c1-28(2,3)24-17-8-10-19-26(24)29-25-18-9-7-14-22(25)23-16-11-15-21(27(23)29)20-12-5-4-6-13-20/h4-19H,1-3H3. The SMILES string of the molecule is CC(C)(C)c1ccccc1-n1c2ccccc2c2cccc(-c3ccccc3)c21. The van der Waals surface area contributed by atoms with E-state index < -0.39 is 0 Å². The molecule has 0 aliphatic carbocycles. The van der Waals surface area contributed by atoms with Gasteiger partial charge in [-0.15, -0.1) is 0 Å². The minimum Gasteiger partial charge on any atom is -0.308 e. The van der Waals surface area contributed by atoms with Gasteiger partial charge >= 0.3 is 0 Å². The average Bonchev–Trinajstić information content (AvgIpc) is 3.08. The lowest BCUT2D eigenvalue weighted by molar-refractivity contribution is 0.587. The van der Waals surface area contributed by atoms with E-state index in [1.54, 1.807) is 0 Å². The van der Waals surface area contributed by atoms with Crippen molar-refractivity contribution >= 4 is 21.8 Å². The first-order chi connectivity index (χ1) is 14.1. The zero-order valence-electron chi connectivity index (χ0n) is 17.2. The predicted molar refractivity (Wildman–Crippen MR) is 125 cm³/mol. The Morgan fingerprint density at radius 2 is 1.24 bits per heavy atom. The van der Waals surface area contributed by atoms with E-state index in [-0.39, 0.29) is 5.41 Å². The second kappa shape index (κ2) is 6.63. The lowest BCUT2D eigenvalue weighted by Crippen LogP contribution is -2.15. The molecule has 1 heterocycles. The summed E-state index contributed by atoms with van der Waals surface area (Å²) < 4.78 is 2.47. The summed E-state index contributed by atoms with van der Waals surface area (Å²) in [6.07, 6.45) is 0. The summed E-state index contributed by atoms with van der Waals surface area (Å²) in [5.41, 5.74) is 7.70. The largest absolute Gasteiger partial charge is 0.308 e. The van der Waals surface area contributed by atoms with Crippen LogP contribution in [0.5, 0.6) is 0 Å². The van der Waals surface area contributed by atoms with E-state index in [1.165, 1.54) is 44.2 Å². The fourth-order valence-electron chi connectivity index (χ4n) is 4.42. The summed E-state index contributed by atoms with van der Waals surface area (Å²) in [5, 5.41) is 2.59. The Morgan fingerprint density at radius 3 is 2.03 bits per heavy atom. The van der Waals surface area contributed by atoms with E-state index in [2.05, 4.69) is 122 Å². The number of aromatic nitrogens is 1. The molecule has 0 spiro atoms. The topological polar surface area (TPSA) is 4.93 Å². The van der Waals surface area contributed by atoms with Gasteiger partial charge in [-0.2, -0.15) is 0 Å². The van der Waals surface area contributed by atoms with E-state index in [1.807, 2.05) is 0 Å². The van der Waals surface area contributed by atoms with Crippen LogP contribution in [0.2, 0.25) is 0 Å². The van der Waals surface area contributed by atoms with Crippen molar-refractivity contribution in [1.82, 2.24) is 4.57 Å². The van der Waals surface area contributed by atoms with Gasteiger partial charge in [0, 0.05) is 22.0 Å². The van der Waals surface area contributed by atoms with Gasteiger partial charge in [-0.3, -0.25) is 0 Å². The van der Waals surface area contributed by atoms with Crippen molar-refractivity contribution in [3.8, 4) is 16.8 Å². The number of fused-ring (bicyclic) bond motifs is 3. The van der Waals surface area contributed by atoms with Crippen molar-refractivity contribution < 1.29 is 0 Å². The molecular weight excluding hydrogens is 350 g/mol. The summed E-state index contributed by atoms with van der Waals surface area (Å²) in [4.78, 5) is 0. The van der Waals surface area contributed by atoms with Crippen LogP contribution in [-0.2, 0) is 5.41 Å². The fourth-order valence-corrected chi connectivity index (χ4v) is 4.42. The van der Waals surface area contributed by atoms with Gasteiger partial charge in [-0.05, 0) is 28.7 Å². The van der Waals surface area contributed by atoms with Crippen LogP contribution in [0, 0.1) is 0 Å². The molecule has 0 aliphatic rings. The molecule has 5 rings (SSSR count). The minimum absolute atomic E-state index is 0.0516. The van der Waals surface area contributed by atoms with Crippen LogP contribution in [0.25, 0.3) is 38.6 Å². The molecule has 1 aromatic heterocycles. The first-order valence-corrected chi connectivity index (χ1v) is 10.2. The molecule has 0 atom stereocenters. The van der Waals surface area contributed by atoms with Crippen LogP contribution >= 0.6 is 0 Å². The van der Waals surface area contributed by atoms with Crippen molar-refractivity contribution in [3.05, 3.63) is 103 Å². The maximum absolute atomic E-state index is 2.47. The van der Waals surface area contributed by atoms with Gasteiger partial charge in [0.05, 0.1) is 11.0 Å². The highest BCUT2D eigenvalue weighted by Gasteiger charge is 2.22. The maximum Gasteiger partial charge on any atom is 0.0619 e. The van der Waals surface area contributed by atoms with Gasteiger partial charge in [-0.25, -0.2) is 0 Å². The van der Waals surface area contributed by atoms with E-state index in [0.29, 0.717) is 0 Å². The summed E-state index contributed by atoms with van der Waals surface area (Å²) in [6, 6.07) is 35.0. The first kappa shape index (κ1) is 17.8. The molecule has 0 aliphatic heterocycles. The molecule has 0 radical (unpaired) electrons. The highest BCUT2D eigenvalue weighted by molar-refractivity contribution is 6.13. The Balaban J connectivity index is 1.99. The molecule has 0 amide bonds. The Morgan fingerprint density at radius 1 is 0.586 bits per heavy atom. The molecular formula is C28H25N. The molecule has 4 aromatic carbocycles. The van der Waals surface area contributed by atoms with E-state index in [0.717, 1.165) is 0 Å². The second-order valence-corrected chi connectivity index (χ2v) is 8.69. The van der Waals surface area contributed by atoms with Crippen LogP contribution in [0.3, 0.4) is 0 Å². The Labute approximate surface area is 172 Å². The molecule has 0 saturated heterocycles. The van der Waals surface area contributed by atoms with Crippen LogP contribution < -0.4 is 0 Å². The highest BCUT2D eigenvalue weighted by atomic mass is 15.0. The molecule has 0 saturated carbocycles. The molecule has 5 aromatic rings. The fraction of sp³-hybridized carbons (Fsp3) is 0.143. The Kier molecular flexibility index (Phi) is 4.06. The van der Waals surface area contributed by atoms with E-state index in [9.17, 15) is 0 Å². The molecule has 0 fully saturated rings. The third-order valence-electron chi connectivity index (χ3n) is 5.73. The zero-order valence-corrected chi connectivity index (χ0v) is 17.2. The summed E-state index contributed by atoms with van der Waals surface area (Å²) in [5.74, 6) is 0. The highest BCUT2D eigenvalue weighted by Crippen LogP contribution is 2.40. The Hall–Kier alpha value is -3.32. The van der Waals surface area contributed by atoms with Crippen molar-refractivity contribution in [2.75, 3.05) is 0 Å². The first-order valence-electron chi connectivity index (χ1n) is 10.2. The third kappa shape index (κ3) is 2.86. The van der Waals surface area contributed by atoms with E-state index >= 15 is 0 Å². The van der Waals surface area contributed by atoms with Crippen molar-refractivity contribution in [3.63, 3.8) is 0 Å². The number of hydrogen-bond acceptors (Lipinski definition) is 0. The maximum atomic E-state index is 2.47. The second-order valence-electron chi connectivity index (χ2n) is 8.69. The minimum atomic E-state index is 0.0516. The molecule has 0 N–H and O–H groups in total. The van der Waals surface area contributed by atoms with Crippen molar-refractivity contribution in [2.45, 2.75) is 26.2 Å². The van der Waals surface area contributed by atoms with Gasteiger partial charge in [0.1, 0.15) is 0 Å². The van der Waals surface area contributed by atoms with Gasteiger partial charge in [0.2, 0.25) is 0 Å². The van der Waals surface area contributed by atoms with Gasteiger partial charge in [0.25, 0.3) is 0 Å². The molecule has 0 unspecified atom stereocenters. The molecule has 0 bridgehead atoms. The van der Waals surface area contributed by atoms with Crippen molar-refractivity contribution in [2.24, 2.45) is 0 Å². The summed E-state index contributed by atoms with van der Waals surface area (Å²) in [7, 11) is 0. The third-order valence-corrected chi connectivity index (χ3v) is 5.73. The number of nitrogens with zero attached hydrogens (tertiary/aromatic N) is 1. The van der Waals surface area contributed by atoms with Crippen LogP contribution in [0.15, 0.2) is 97.1 Å². The molecule has 142 valence electrons. The molecule has 1 nitrogen and oxygen atoms in total. The van der Waals surface area contributed by atoms with E-state index in [4.69, 9.17) is 0 Å². The van der Waals surface area contributed by atoms with Crippen LogP contribution in [0.1, 0.15) is 26.3 Å². The predicted octanol–water partition coefficient (Wildman–Crippen LogP) is 7.75. The van der Waals surface area contributed by atoms with Gasteiger partial charge in [-0.1, -0.05) is 106 Å². The lowest BCUT2D eigenvalue weighted by atomic mass is 9.85. The van der Waals surface area contributed by atoms with Crippen molar-refractivity contribution in [1.29, 1.82) is 0 Å².